The van der Waals surface area contributed by atoms with E-state index in [1.165, 1.54) is 18.4 Å². The number of benzene rings is 1. The van der Waals surface area contributed by atoms with Crippen LogP contribution in [-0.2, 0) is 4.79 Å². The van der Waals surface area contributed by atoms with Gasteiger partial charge in [0, 0.05) is 6.04 Å². The zero-order valence-electron chi connectivity index (χ0n) is 12.0. The fraction of sp³-hybridized carbons (Fsp3) is 0.588. The highest BCUT2D eigenvalue weighted by Crippen LogP contribution is 2.47. The smallest absolute Gasteiger partial charge is 0.244 e. The molecule has 1 aliphatic heterocycles. The molecule has 106 valence electrons. The summed E-state index contributed by atoms with van der Waals surface area (Å²) in [5.41, 5.74) is 0.965. The first-order chi connectivity index (χ1) is 9.71. The molecule has 1 saturated heterocycles. The summed E-state index contributed by atoms with van der Waals surface area (Å²) in [5, 5.41) is 3.70. The molecule has 3 aliphatic rings. The van der Waals surface area contributed by atoms with Gasteiger partial charge in [0.25, 0.3) is 0 Å². The van der Waals surface area contributed by atoms with Gasteiger partial charge in [-0.25, -0.2) is 0 Å². The molecule has 3 atom stereocenters. The highest BCUT2D eigenvalue weighted by Gasteiger charge is 2.57. The number of amides is 1. The molecule has 1 aromatic carbocycles. The minimum absolute atomic E-state index is 0.0803. The van der Waals surface area contributed by atoms with E-state index in [1.807, 2.05) is 6.07 Å². The van der Waals surface area contributed by atoms with E-state index < -0.39 is 0 Å². The average molecular weight is 270 g/mol. The first-order valence-corrected chi connectivity index (χ1v) is 7.87. The lowest BCUT2D eigenvalue weighted by atomic mass is 9.98. The number of hydrogen-bond acceptors (Lipinski definition) is 2. The topological polar surface area (TPSA) is 32.3 Å². The van der Waals surface area contributed by atoms with Crippen LogP contribution in [0.2, 0.25) is 0 Å². The van der Waals surface area contributed by atoms with Crippen LogP contribution < -0.4 is 5.32 Å². The summed E-state index contributed by atoms with van der Waals surface area (Å²) in [6, 6.07) is 10.9. The van der Waals surface area contributed by atoms with Crippen molar-refractivity contribution in [2.24, 2.45) is 5.92 Å². The van der Waals surface area contributed by atoms with Gasteiger partial charge in [0.2, 0.25) is 5.91 Å². The molecule has 0 bridgehead atoms. The third-order valence-electron chi connectivity index (χ3n) is 5.33. The van der Waals surface area contributed by atoms with E-state index in [0.29, 0.717) is 17.9 Å². The van der Waals surface area contributed by atoms with Crippen LogP contribution in [0.4, 0.5) is 0 Å². The van der Waals surface area contributed by atoms with Crippen molar-refractivity contribution >= 4 is 5.91 Å². The molecule has 3 unspecified atom stereocenters. The SMILES string of the molecule is CC1CC1N1C(=O)C2(CCCC2)NC1c1ccccc1. The Hall–Kier alpha value is -1.35. The van der Waals surface area contributed by atoms with E-state index in [2.05, 4.69) is 41.4 Å². The molecular weight excluding hydrogens is 248 g/mol. The molecule has 1 spiro atoms. The molecule has 1 N–H and O–H groups in total. The Morgan fingerprint density at radius 2 is 1.85 bits per heavy atom. The first kappa shape index (κ1) is 12.4. The van der Waals surface area contributed by atoms with E-state index in [0.717, 1.165) is 19.3 Å². The van der Waals surface area contributed by atoms with Crippen LogP contribution in [0.25, 0.3) is 0 Å². The minimum atomic E-state index is -0.261. The van der Waals surface area contributed by atoms with E-state index in [9.17, 15) is 4.79 Å². The van der Waals surface area contributed by atoms with Gasteiger partial charge in [0.15, 0.2) is 0 Å². The van der Waals surface area contributed by atoms with Crippen LogP contribution in [0.1, 0.15) is 50.8 Å². The van der Waals surface area contributed by atoms with Crippen molar-refractivity contribution in [3.63, 3.8) is 0 Å². The summed E-state index contributed by atoms with van der Waals surface area (Å²) in [4.78, 5) is 15.2. The maximum Gasteiger partial charge on any atom is 0.244 e. The van der Waals surface area contributed by atoms with E-state index in [-0.39, 0.29) is 11.7 Å². The molecule has 2 aliphatic carbocycles. The molecule has 4 rings (SSSR count). The molecule has 2 saturated carbocycles. The summed E-state index contributed by atoms with van der Waals surface area (Å²) in [6.45, 7) is 2.25. The van der Waals surface area contributed by atoms with Crippen LogP contribution in [-0.4, -0.2) is 22.4 Å². The normalized spacial score (nSPS) is 35.0. The third kappa shape index (κ3) is 1.72. The van der Waals surface area contributed by atoms with Gasteiger partial charge in [-0.2, -0.15) is 0 Å². The summed E-state index contributed by atoms with van der Waals surface area (Å²) in [6.07, 6.45) is 5.60. The molecular formula is C17H22N2O. The maximum atomic E-state index is 13.0. The van der Waals surface area contributed by atoms with Crippen molar-refractivity contribution in [1.29, 1.82) is 0 Å². The number of hydrogen-bond donors (Lipinski definition) is 1. The number of carbonyl (C=O) groups is 1. The van der Waals surface area contributed by atoms with Gasteiger partial charge < -0.3 is 4.90 Å². The Labute approximate surface area is 120 Å². The fourth-order valence-electron chi connectivity index (χ4n) is 4.01. The molecule has 3 fully saturated rings. The molecule has 1 heterocycles. The number of rotatable bonds is 2. The van der Waals surface area contributed by atoms with Crippen molar-refractivity contribution in [2.75, 3.05) is 0 Å². The molecule has 1 amide bonds. The monoisotopic (exact) mass is 270 g/mol. The lowest BCUT2D eigenvalue weighted by Crippen LogP contribution is -2.44. The highest BCUT2D eigenvalue weighted by atomic mass is 16.2. The second-order valence-corrected chi connectivity index (χ2v) is 6.74. The molecule has 1 aromatic rings. The molecule has 3 nitrogen and oxygen atoms in total. The summed E-state index contributed by atoms with van der Waals surface area (Å²) in [7, 11) is 0. The Morgan fingerprint density at radius 1 is 1.20 bits per heavy atom. The van der Waals surface area contributed by atoms with Gasteiger partial charge in [0.05, 0.1) is 5.54 Å². The standard InChI is InChI=1S/C17H22N2O/c1-12-11-14(12)19-15(13-7-3-2-4-8-13)18-17(16(19)20)9-5-6-10-17/h2-4,7-8,12,14-15,18H,5-6,9-11H2,1H3. The largest absolute Gasteiger partial charge is 0.318 e. The van der Waals surface area contributed by atoms with Crippen molar-refractivity contribution in [3.05, 3.63) is 35.9 Å². The lowest BCUT2D eigenvalue weighted by Gasteiger charge is -2.24. The predicted molar refractivity (Wildman–Crippen MR) is 77.9 cm³/mol. The lowest BCUT2D eigenvalue weighted by molar-refractivity contribution is -0.134. The Morgan fingerprint density at radius 3 is 2.45 bits per heavy atom. The van der Waals surface area contributed by atoms with Gasteiger partial charge in [-0.15, -0.1) is 0 Å². The zero-order valence-corrected chi connectivity index (χ0v) is 12.0. The highest BCUT2D eigenvalue weighted by molar-refractivity contribution is 5.90. The van der Waals surface area contributed by atoms with E-state index in [4.69, 9.17) is 0 Å². The third-order valence-corrected chi connectivity index (χ3v) is 5.33. The number of carbonyl (C=O) groups excluding carboxylic acids is 1. The Kier molecular flexibility index (Phi) is 2.68. The molecule has 0 aromatic heterocycles. The Balaban J connectivity index is 1.71. The van der Waals surface area contributed by atoms with Gasteiger partial charge in [-0.3, -0.25) is 10.1 Å². The minimum Gasteiger partial charge on any atom is -0.318 e. The van der Waals surface area contributed by atoms with Crippen LogP contribution in [0.5, 0.6) is 0 Å². The van der Waals surface area contributed by atoms with Crippen LogP contribution in [0.3, 0.4) is 0 Å². The second-order valence-electron chi connectivity index (χ2n) is 6.74. The van der Waals surface area contributed by atoms with Gasteiger partial charge in [-0.1, -0.05) is 50.1 Å². The second kappa shape index (κ2) is 4.32. The van der Waals surface area contributed by atoms with Gasteiger partial charge >= 0.3 is 0 Å². The zero-order chi connectivity index (χ0) is 13.7. The molecule has 0 radical (unpaired) electrons. The molecule has 20 heavy (non-hydrogen) atoms. The van der Waals surface area contributed by atoms with Crippen LogP contribution in [0, 0.1) is 5.92 Å². The van der Waals surface area contributed by atoms with Gasteiger partial charge in [0.1, 0.15) is 6.17 Å². The maximum absolute atomic E-state index is 13.0. The van der Waals surface area contributed by atoms with Gasteiger partial charge in [-0.05, 0) is 30.7 Å². The van der Waals surface area contributed by atoms with Crippen LogP contribution >= 0.6 is 0 Å². The Bertz CT molecular complexity index is 521. The first-order valence-electron chi connectivity index (χ1n) is 7.87. The summed E-state index contributed by atoms with van der Waals surface area (Å²) < 4.78 is 0. The number of nitrogens with one attached hydrogen (secondary N) is 1. The van der Waals surface area contributed by atoms with Crippen molar-refractivity contribution in [3.8, 4) is 0 Å². The fourth-order valence-corrected chi connectivity index (χ4v) is 4.01. The summed E-state index contributed by atoms with van der Waals surface area (Å²) >= 11 is 0. The van der Waals surface area contributed by atoms with Crippen LogP contribution in [0.15, 0.2) is 30.3 Å². The van der Waals surface area contributed by atoms with Crippen molar-refractivity contribution in [2.45, 2.75) is 56.8 Å². The summed E-state index contributed by atoms with van der Waals surface area (Å²) in [5.74, 6) is 1.02. The number of nitrogens with zero attached hydrogens (tertiary/aromatic N) is 1. The molecule has 3 heteroatoms. The van der Waals surface area contributed by atoms with E-state index >= 15 is 0 Å². The van der Waals surface area contributed by atoms with Crippen molar-refractivity contribution < 1.29 is 4.79 Å². The quantitative estimate of drug-likeness (QED) is 0.896. The average Bonchev–Trinajstić information content (AvgIpc) is 2.90. The predicted octanol–water partition coefficient (Wildman–Crippen LogP) is 2.84. The van der Waals surface area contributed by atoms with Crippen molar-refractivity contribution in [1.82, 2.24) is 10.2 Å². The van der Waals surface area contributed by atoms with E-state index in [1.54, 1.807) is 0 Å².